The lowest BCUT2D eigenvalue weighted by atomic mass is 10.2. The Morgan fingerprint density at radius 1 is 1.38 bits per heavy atom. The summed E-state index contributed by atoms with van der Waals surface area (Å²) < 4.78 is 5.14. The summed E-state index contributed by atoms with van der Waals surface area (Å²) in [7, 11) is 0. The maximum Gasteiger partial charge on any atom is 0.231 e. The molecule has 0 radical (unpaired) electrons. The van der Waals surface area contributed by atoms with Gasteiger partial charge in [-0.05, 0) is 18.6 Å². The normalized spacial score (nSPS) is 22.7. The van der Waals surface area contributed by atoms with Gasteiger partial charge in [-0.1, -0.05) is 5.16 Å². The molecule has 1 fully saturated rings. The standard InChI is InChI=1S/C11H8N4O/c12-6-8-5-9(8)11-14-10(15-16-11)7-1-3-13-4-2-7/h1-4,8-9H,5H2. The first-order valence-electron chi connectivity index (χ1n) is 5.02. The Hall–Kier alpha value is -2.22. The second-order valence-corrected chi connectivity index (χ2v) is 3.77. The summed E-state index contributed by atoms with van der Waals surface area (Å²) in [5.41, 5.74) is 0.874. The van der Waals surface area contributed by atoms with Crippen LogP contribution in [0.5, 0.6) is 0 Å². The Kier molecular flexibility index (Phi) is 1.93. The van der Waals surface area contributed by atoms with Crippen LogP contribution in [0.3, 0.4) is 0 Å². The van der Waals surface area contributed by atoms with Crippen LogP contribution in [0.1, 0.15) is 18.2 Å². The molecular weight excluding hydrogens is 204 g/mol. The minimum absolute atomic E-state index is 0.0470. The lowest BCUT2D eigenvalue weighted by molar-refractivity contribution is 0.378. The second-order valence-electron chi connectivity index (χ2n) is 3.77. The molecule has 2 heterocycles. The van der Waals surface area contributed by atoms with Gasteiger partial charge < -0.3 is 4.52 Å². The summed E-state index contributed by atoms with van der Waals surface area (Å²) in [6.45, 7) is 0. The molecule has 1 saturated carbocycles. The van der Waals surface area contributed by atoms with Crippen molar-refractivity contribution in [3.8, 4) is 17.5 Å². The van der Waals surface area contributed by atoms with Gasteiger partial charge in [0.25, 0.3) is 0 Å². The summed E-state index contributed by atoms with van der Waals surface area (Å²) in [5, 5.41) is 12.6. The third-order valence-electron chi connectivity index (χ3n) is 2.65. The molecule has 3 rings (SSSR count). The summed E-state index contributed by atoms with van der Waals surface area (Å²) in [6.07, 6.45) is 4.19. The Balaban J connectivity index is 1.87. The topological polar surface area (TPSA) is 75.6 Å². The van der Waals surface area contributed by atoms with Crippen LogP contribution in [0.25, 0.3) is 11.4 Å². The van der Waals surface area contributed by atoms with E-state index in [-0.39, 0.29) is 11.8 Å². The highest BCUT2D eigenvalue weighted by molar-refractivity contribution is 5.52. The van der Waals surface area contributed by atoms with E-state index in [0.717, 1.165) is 12.0 Å². The minimum atomic E-state index is 0.0470. The fourth-order valence-electron chi connectivity index (χ4n) is 1.61. The van der Waals surface area contributed by atoms with Crippen molar-refractivity contribution in [3.05, 3.63) is 30.4 Å². The van der Waals surface area contributed by atoms with Crippen LogP contribution in [0.2, 0.25) is 0 Å². The molecule has 2 unspecified atom stereocenters. The predicted octanol–water partition coefficient (Wildman–Crippen LogP) is 1.76. The number of hydrogen-bond donors (Lipinski definition) is 0. The van der Waals surface area contributed by atoms with Crippen LogP contribution in [0.15, 0.2) is 29.0 Å². The molecule has 0 amide bonds. The molecule has 2 aromatic rings. The average Bonchev–Trinajstić information content (AvgIpc) is 2.98. The fourth-order valence-corrected chi connectivity index (χ4v) is 1.61. The van der Waals surface area contributed by atoms with Crippen molar-refractivity contribution >= 4 is 0 Å². The van der Waals surface area contributed by atoms with E-state index in [1.54, 1.807) is 12.4 Å². The molecule has 0 saturated heterocycles. The second kappa shape index (κ2) is 3.42. The molecule has 16 heavy (non-hydrogen) atoms. The van der Waals surface area contributed by atoms with Crippen LogP contribution in [0.4, 0.5) is 0 Å². The van der Waals surface area contributed by atoms with Gasteiger partial charge >= 0.3 is 0 Å². The van der Waals surface area contributed by atoms with Gasteiger partial charge in [0.15, 0.2) is 0 Å². The maximum atomic E-state index is 8.71. The molecular formula is C11H8N4O. The molecule has 5 heteroatoms. The van der Waals surface area contributed by atoms with Gasteiger partial charge in [-0.3, -0.25) is 4.98 Å². The SMILES string of the molecule is N#CC1CC1c1nc(-c2ccncc2)no1. The van der Waals surface area contributed by atoms with Crippen LogP contribution in [-0.2, 0) is 0 Å². The van der Waals surface area contributed by atoms with Gasteiger partial charge in [-0.25, -0.2) is 0 Å². The minimum Gasteiger partial charge on any atom is -0.339 e. The largest absolute Gasteiger partial charge is 0.339 e. The van der Waals surface area contributed by atoms with Crippen LogP contribution in [0, 0.1) is 17.2 Å². The van der Waals surface area contributed by atoms with Crippen molar-refractivity contribution in [1.82, 2.24) is 15.1 Å². The number of hydrogen-bond acceptors (Lipinski definition) is 5. The monoisotopic (exact) mass is 212 g/mol. The van der Waals surface area contributed by atoms with Crippen LogP contribution < -0.4 is 0 Å². The number of rotatable bonds is 2. The van der Waals surface area contributed by atoms with Gasteiger partial charge in [0.2, 0.25) is 11.7 Å². The van der Waals surface area contributed by atoms with Gasteiger partial charge in [-0.15, -0.1) is 0 Å². The number of pyridine rings is 1. The molecule has 0 bridgehead atoms. The Bertz CT molecular complexity index is 543. The first-order chi connectivity index (χ1) is 7.88. The maximum absolute atomic E-state index is 8.71. The van der Waals surface area contributed by atoms with Gasteiger partial charge in [0.1, 0.15) is 0 Å². The van der Waals surface area contributed by atoms with Crippen molar-refractivity contribution in [3.63, 3.8) is 0 Å². The van der Waals surface area contributed by atoms with E-state index in [2.05, 4.69) is 21.2 Å². The summed E-state index contributed by atoms with van der Waals surface area (Å²) >= 11 is 0. The zero-order chi connectivity index (χ0) is 11.0. The first-order valence-corrected chi connectivity index (χ1v) is 5.02. The zero-order valence-electron chi connectivity index (χ0n) is 8.37. The molecule has 0 N–H and O–H groups in total. The Morgan fingerprint density at radius 3 is 2.88 bits per heavy atom. The van der Waals surface area contributed by atoms with E-state index in [1.807, 2.05) is 12.1 Å². The quantitative estimate of drug-likeness (QED) is 0.758. The molecule has 0 aliphatic heterocycles. The lowest BCUT2D eigenvalue weighted by Gasteiger charge is -1.89. The Morgan fingerprint density at radius 2 is 2.19 bits per heavy atom. The van der Waals surface area contributed by atoms with Crippen molar-refractivity contribution < 1.29 is 4.52 Å². The van der Waals surface area contributed by atoms with Gasteiger partial charge in [0, 0.05) is 18.0 Å². The summed E-state index contributed by atoms with van der Waals surface area (Å²) in [5.74, 6) is 1.30. The molecule has 2 aromatic heterocycles. The molecule has 2 atom stereocenters. The van der Waals surface area contributed by atoms with E-state index in [1.165, 1.54) is 0 Å². The molecule has 1 aliphatic rings. The predicted molar refractivity (Wildman–Crippen MR) is 54.0 cm³/mol. The third kappa shape index (κ3) is 1.44. The first kappa shape index (κ1) is 9.04. The number of nitrogens with zero attached hydrogens (tertiary/aromatic N) is 4. The van der Waals surface area contributed by atoms with E-state index in [4.69, 9.17) is 9.78 Å². The molecule has 78 valence electrons. The number of nitriles is 1. The highest BCUT2D eigenvalue weighted by Gasteiger charge is 2.43. The highest BCUT2D eigenvalue weighted by Crippen LogP contribution is 2.46. The van der Waals surface area contributed by atoms with Gasteiger partial charge in [-0.2, -0.15) is 10.2 Å². The van der Waals surface area contributed by atoms with E-state index in [9.17, 15) is 0 Å². The summed E-state index contributed by atoms with van der Waals surface area (Å²) in [4.78, 5) is 8.21. The number of aromatic nitrogens is 3. The molecule has 1 aliphatic carbocycles. The van der Waals surface area contributed by atoms with E-state index in [0.29, 0.717) is 11.7 Å². The highest BCUT2D eigenvalue weighted by atomic mass is 16.5. The fraction of sp³-hybridized carbons (Fsp3) is 0.273. The van der Waals surface area contributed by atoms with Crippen molar-refractivity contribution in [2.75, 3.05) is 0 Å². The average molecular weight is 212 g/mol. The van der Waals surface area contributed by atoms with Crippen molar-refractivity contribution in [2.24, 2.45) is 5.92 Å². The Labute approximate surface area is 91.7 Å². The van der Waals surface area contributed by atoms with Gasteiger partial charge in [0.05, 0.1) is 17.9 Å². The zero-order valence-corrected chi connectivity index (χ0v) is 8.37. The van der Waals surface area contributed by atoms with Crippen LogP contribution >= 0.6 is 0 Å². The smallest absolute Gasteiger partial charge is 0.231 e. The third-order valence-corrected chi connectivity index (χ3v) is 2.65. The molecule has 0 spiro atoms. The van der Waals surface area contributed by atoms with E-state index < -0.39 is 0 Å². The van der Waals surface area contributed by atoms with Crippen molar-refractivity contribution in [1.29, 1.82) is 5.26 Å². The summed E-state index contributed by atoms with van der Waals surface area (Å²) in [6, 6.07) is 5.84. The van der Waals surface area contributed by atoms with Crippen LogP contribution in [-0.4, -0.2) is 15.1 Å². The van der Waals surface area contributed by atoms with Crippen molar-refractivity contribution in [2.45, 2.75) is 12.3 Å². The lowest BCUT2D eigenvalue weighted by Crippen LogP contribution is -1.83. The molecule has 0 aromatic carbocycles. The molecule has 5 nitrogen and oxygen atoms in total. The van der Waals surface area contributed by atoms with E-state index >= 15 is 0 Å².